The maximum atomic E-state index is 11.7. The molecule has 24 heavy (non-hydrogen) atoms. The Hall–Kier alpha value is -2.82. The van der Waals surface area contributed by atoms with E-state index in [1.54, 1.807) is 12.1 Å². The average Bonchev–Trinajstić information content (AvgIpc) is 2.64. The summed E-state index contributed by atoms with van der Waals surface area (Å²) in [6.45, 7) is 1.98. The number of amides is 1. The summed E-state index contributed by atoms with van der Waals surface area (Å²) in [6.07, 6.45) is 0. The molecule has 0 radical (unpaired) electrons. The zero-order chi connectivity index (χ0) is 17.2. The Bertz CT molecular complexity index is 643. The van der Waals surface area contributed by atoms with E-state index < -0.39 is 5.97 Å². The molecule has 2 aromatic carbocycles. The molecule has 0 spiro atoms. The SMILES string of the molecule is C[C@@H](CNC(=O)COC(=O)COc1ccccc1)c1ccccc1. The van der Waals surface area contributed by atoms with Gasteiger partial charge in [0.05, 0.1) is 0 Å². The first kappa shape index (κ1) is 17.5. The van der Waals surface area contributed by atoms with Crippen LogP contribution in [0.5, 0.6) is 5.75 Å². The highest BCUT2D eigenvalue weighted by Gasteiger charge is 2.10. The zero-order valence-corrected chi connectivity index (χ0v) is 13.6. The molecule has 0 aliphatic rings. The minimum Gasteiger partial charge on any atom is -0.482 e. The smallest absolute Gasteiger partial charge is 0.344 e. The lowest BCUT2D eigenvalue weighted by Crippen LogP contribution is -2.32. The van der Waals surface area contributed by atoms with Crippen LogP contribution in [0.25, 0.3) is 0 Å². The molecule has 5 nitrogen and oxygen atoms in total. The average molecular weight is 327 g/mol. The number of nitrogens with one attached hydrogen (secondary N) is 1. The molecule has 126 valence electrons. The Morgan fingerprint density at radius 3 is 2.25 bits per heavy atom. The van der Waals surface area contributed by atoms with E-state index in [0.29, 0.717) is 12.3 Å². The fourth-order valence-electron chi connectivity index (χ4n) is 2.06. The van der Waals surface area contributed by atoms with Gasteiger partial charge in [-0.3, -0.25) is 4.79 Å². The van der Waals surface area contributed by atoms with Crippen molar-refractivity contribution >= 4 is 11.9 Å². The van der Waals surface area contributed by atoms with Gasteiger partial charge in [0.2, 0.25) is 0 Å². The van der Waals surface area contributed by atoms with Crippen LogP contribution in [-0.2, 0) is 14.3 Å². The Morgan fingerprint density at radius 1 is 0.958 bits per heavy atom. The fraction of sp³-hybridized carbons (Fsp3) is 0.263. The van der Waals surface area contributed by atoms with Crippen LogP contribution in [0, 0.1) is 0 Å². The second kappa shape index (κ2) is 9.35. The molecule has 2 rings (SSSR count). The van der Waals surface area contributed by atoms with Crippen molar-refractivity contribution in [2.45, 2.75) is 12.8 Å². The maximum Gasteiger partial charge on any atom is 0.344 e. The zero-order valence-electron chi connectivity index (χ0n) is 13.6. The van der Waals surface area contributed by atoms with Crippen LogP contribution in [0.1, 0.15) is 18.4 Å². The number of benzene rings is 2. The third-order valence-corrected chi connectivity index (χ3v) is 3.44. The first-order chi connectivity index (χ1) is 11.6. The van der Waals surface area contributed by atoms with Crippen LogP contribution < -0.4 is 10.1 Å². The summed E-state index contributed by atoms with van der Waals surface area (Å²) in [5, 5.41) is 2.75. The van der Waals surface area contributed by atoms with Crippen molar-refractivity contribution in [2.24, 2.45) is 0 Å². The molecule has 0 fully saturated rings. The normalized spacial score (nSPS) is 11.4. The van der Waals surface area contributed by atoms with E-state index in [0.717, 1.165) is 5.56 Å². The Balaban J connectivity index is 1.63. The van der Waals surface area contributed by atoms with Crippen molar-refractivity contribution in [1.29, 1.82) is 0 Å². The van der Waals surface area contributed by atoms with Gasteiger partial charge in [0.15, 0.2) is 13.2 Å². The van der Waals surface area contributed by atoms with Gasteiger partial charge in [-0.1, -0.05) is 55.5 Å². The Morgan fingerprint density at radius 2 is 1.58 bits per heavy atom. The topological polar surface area (TPSA) is 64.6 Å². The van der Waals surface area contributed by atoms with Crippen molar-refractivity contribution < 1.29 is 19.1 Å². The summed E-state index contributed by atoms with van der Waals surface area (Å²) in [7, 11) is 0. The third-order valence-electron chi connectivity index (χ3n) is 3.44. The first-order valence-electron chi connectivity index (χ1n) is 7.80. The van der Waals surface area contributed by atoms with E-state index in [9.17, 15) is 9.59 Å². The van der Waals surface area contributed by atoms with Crippen molar-refractivity contribution in [3.63, 3.8) is 0 Å². The van der Waals surface area contributed by atoms with Crippen LogP contribution in [0.4, 0.5) is 0 Å². The molecule has 0 saturated carbocycles. The Kier molecular flexibility index (Phi) is 6.83. The quantitative estimate of drug-likeness (QED) is 0.757. The summed E-state index contributed by atoms with van der Waals surface area (Å²) in [6, 6.07) is 18.8. The highest BCUT2D eigenvalue weighted by atomic mass is 16.6. The van der Waals surface area contributed by atoms with Gasteiger partial charge in [0, 0.05) is 6.54 Å². The summed E-state index contributed by atoms with van der Waals surface area (Å²) in [5.74, 6) is -0.140. The number of esters is 1. The lowest BCUT2D eigenvalue weighted by molar-refractivity contribution is -0.150. The van der Waals surface area contributed by atoms with Crippen molar-refractivity contribution in [3.05, 3.63) is 66.2 Å². The number of ether oxygens (including phenoxy) is 2. The van der Waals surface area contributed by atoms with Gasteiger partial charge in [0.25, 0.3) is 5.91 Å². The van der Waals surface area contributed by atoms with E-state index >= 15 is 0 Å². The molecule has 1 N–H and O–H groups in total. The first-order valence-corrected chi connectivity index (χ1v) is 7.80. The van der Waals surface area contributed by atoms with Crippen LogP contribution in [0.2, 0.25) is 0 Å². The minimum atomic E-state index is -0.579. The molecule has 0 saturated heterocycles. The van der Waals surface area contributed by atoms with Gasteiger partial charge in [-0.05, 0) is 23.6 Å². The predicted molar refractivity (Wildman–Crippen MR) is 90.8 cm³/mol. The van der Waals surface area contributed by atoms with Crippen LogP contribution in [0.3, 0.4) is 0 Å². The molecule has 0 aromatic heterocycles. The van der Waals surface area contributed by atoms with Gasteiger partial charge in [-0.25, -0.2) is 4.79 Å². The van der Waals surface area contributed by atoms with Gasteiger partial charge in [0.1, 0.15) is 5.75 Å². The molecule has 0 heterocycles. The van der Waals surface area contributed by atoms with Crippen LogP contribution >= 0.6 is 0 Å². The van der Waals surface area contributed by atoms with Gasteiger partial charge < -0.3 is 14.8 Å². The molecule has 1 amide bonds. The largest absolute Gasteiger partial charge is 0.482 e. The van der Waals surface area contributed by atoms with E-state index in [2.05, 4.69) is 5.32 Å². The number of hydrogen-bond donors (Lipinski definition) is 1. The second-order valence-corrected chi connectivity index (χ2v) is 5.38. The molecule has 1 atom stereocenters. The summed E-state index contributed by atoms with van der Waals surface area (Å²) in [5.41, 5.74) is 1.14. The van der Waals surface area contributed by atoms with E-state index in [1.807, 2.05) is 55.5 Å². The van der Waals surface area contributed by atoms with Gasteiger partial charge >= 0.3 is 5.97 Å². The summed E-state index contributed by atoms with van der Waals surface area (Å²) >= 11 is 0. The van der Waals surface area contributed by atoms with E-state index in [4.69, 9.17) is 9.47 Å². The summed E-state index contributed by atoms with van der Waals surface area (Å²) in [4.78, 5) is 23.3. The maximum absolute atomic E-state index is 11.7. The predicted octanol–water partition coefficient (Wildman–Crippen LogP) is 2.53. The Labute approximate surface area is 141 Å². The number of carbonyl (C=O) groups excluding carboxylic acids is 2. The number of hydrogen-bond acceptors (Lipinski definition) is 4. The number of rotatable bonds is 8. The third kappa shape index (κ3) is 6.12. The molecule has 2 aromatic rings. The molecular weight excluding hydrogens is 306 g/mol. The second-order valence-electron chi connectivity index (χ2n) is 5.38. The highest BCUT2D eigenvalue weighted by Crippen LogP contribution is 2.12. The van der Waals surface area contributed by atoms with Gasteiger partial charge in [-0.15, -0.1) is 0 Å². The standard InChI is InChI=1S/C19H21NO4/c1-15(16-8-4-2-5-9-16)12-20-18(21)13-24-19(22)14-23-17-10-6-3-7-11-17/h2-11,15H,12-14H2,1H3,(H,20,21)/t15-/m0/s1. The van der Waals surface area contributed by atoms with E-state index in [-0.39, 0.29) is 25.0 Å². The lowest BCUT2D eigenvalue weighted by Gasteiger charge is -2.13. The molecular formula is C19H21NO4. The van der Waals surface area contributed by atoms with Crippen LogP contribution in [0.15, 0.2) is 60.7 Å². The van der Waals surface area contributed by atoms with E-state index in [1.165, 1.54) is 0 Å². The summed E-state index contributed by atoms with van der Waals surface area (Å²) < 4.78 is 10.1. The fourth-order valence-corrected chi connectivity index (χ4v) is 2.06. The molecule has 0 aliphatic heterocycles. The van der Waals surface area contributed by atoms with Crippen molar-refractivity contribution in [3.8, 4) is 5.75 Å². The molecule has 0 bridgehead atoms. The van der Waals surface area contributed by atoms with Crippen LogP contribution in [-0.4, -0.2) is 31.6 Å². The van der Waals surface area contributed by atoms with Crippen molar-refractivity contribution in [1.82, 2.24) is 5.32 Å². The molecule has 0 aliphatic carbocycles. The number of para-hydroxylation sites is 1. The highest BCUT2D eigenvalue weighted by molar-refractivity contribution is 5.80. The number of carbonyl (C=O) groups is 2. The molecule has 0 unspecified atom stereocenters. The molecule has 5 heteroatoms. The minimum absolute atomic E-state index is 0.187. The van der Waals surface area contributed by atoms with Gasteiger partial charge in [-0.2, -0.15) is 0 Å². The monoisotopic (exact) mass is 327 g/mol. The lowest BCUT2D eigenvalue weighted by atomic mass is 10.0. The van der Waals surface area contributed by atoms with Crippen molar-refractivity contribution in [2.75, 3.05) is 19.8 Å².